The van der Waals surface area contributed by atoms with E-state index in [9.17, 15) is 4.79 Å². The fourth-order valence-electron chi connectivity index (χ4n) is 1.11. The summed E-state index contributed by atoms with van der Waals surface area (Å²) in [6.45, 7) is 0. The summed E-state index contributed by atoms with van der Waals surface area (Å²) in [5.41, 5.74) is -0.0793. The van der Waals surface area contributed by atoms with Crippen molar-refractivity contribution in [3.05, 3.63) is 40.8 Å². The Morgan fingerprint density at radius 2 is 2.42 bits per heavy atom. The second-order valence-corrected chi connectivity index (χ2v) is 2.57. The molecular formula is C9H7N2O. The van der Waals surface area contributed by atoms with Crippen molar-refractivity contribution in [1.29, 1.82) is 0 Å². The fraction of sp³-hybridized carbons (Fsp3) is 0.111. The minimum absolute atomic E-state index is 0.0793. The Morgan fingerprint density at radius 1 is 1.58 bits per heavy atom. The molecule has 1 radical (unpaired) electrons. The van der Waals surface area contributed by atoms with Crippen LogP contribution in [0.25, 0.3) is 10.8 Å². The van der Waals surface area contributed by atoms with Gasteiger partial charge < -0.3 is 0 Å². The van der Waals surface area contributed by atoms with Crippen molar-refractivity contribution in [2.75, 3.05) is 0 Å². The molecule has 1 aromatic carbocycles. The molecular weight excluding hydrogens is 152 g/mol. The Kier molecular flexibility index (Phi) is 1.43. The molecule has 0 aliphatic heterocycles. The van der Waals surface area contributed by atoms with Crippen molar-refractivity contribution in [3.8, 4) is 0 Å². The van der Waals surface area contributed by atoms with Gasteiger partial charge in [0.05, 0.1) is 11.6 Å². The number of rotatable bonds is 0. The van der Waals surface area contributed by atoms with E-state index < -0.39 is 0 Å². The van der Waals surface area contributed by atoms with Crippen LogP contribution in [0.5, 0.6) is 0 Å². The number of aryl methyl sites for hydroxylation is 1. The number of aromatic nitrogens is 2. The molecule has 0 unspecified atom stereocenters. The first-order valence-corrected chi connectivity index (χ1v) is 3.62. The minimum Gasteiger partial charge on any atom is -0.267 e. The zero-order chi connectivity index (χ0) is 8.55. The van der Waals surface area contributed by atoms with Crippen LogP contribution in [-0.2, 0) is 7.05 Å². The number of hydrogen-bond acceptors (Lipinski definition) is 2. The van der Waals surface area contributed by atoms with Crippen molar-refractivity contribution in [1.82, 2.24) is 9.78 Å². The smallest absolute Gasteiger partial charge is 0.267 e. The Bertz CT molecular complexity index is 473. The topological polar surface area (TPSA) is 34.9 Å². The first-order chi connectivity index (χ1) is 5.79. The maximum absolute atomic E-state index is 11.4. The number of hydrogen-bond donors (Lipinski definition) is 0. The Morgan fingerprint density at radius 3 is 3.25 bits per heavy atom. The standard InChI is InChI=1S/C9H7N2O/c1-11-9(12)8-5-3-2-4-7(8)6-10-11/h2-3,5-6H,1H3. The average Bonchev–Trinajstić information content (AvgIpc) is 2.12. The largest absolute Gasteiger partial charge is 0.274 e. The summed E-state index contributed by atoms with van der Waals surface area (Å²) in [5.74, 6) is 0. The molecule has 2 rings (SSSR count). The normalized spacial score (nSPS) is 10.4. The van der Waals surface area contributed by atoms with E-state index in [1.807, 2.05) is 0 Å². The van der Waals surface area contributed by atoms with Gasteiger partial charge in [-0.15, -0.1) is 0 Å². The highest BCUT2D eigenvalue weighted by Gasteiger charge is 1.98. The maximum Gasteiger partial charge on any atom is 0.274 e. The monoisotopic (exact) mass is 159 g/mol. The van der Waals surface area contributed by atoms with E-state index in [1.165, 1.54) is 4.68 Å². The molecule has 0 amide bonds. The van der Waals surface area contributed by atoms with E-state index >= 15 is 0 Å². The second kappa shape index (κ2) is 2.44. The third-order valence-corrected chi connectivity index (χ3v) is 1.77. The van der Waals surface area contributed by atoms with Crippen LogP contribution in [0.1, 0.15) is 0 Å². The van der Waals surface area contributed by atoms with Crippen molar-refractivity contribution < 1.29 is 0 Å². The lowest BCUT2D eigenvalue weighted by molar-refractivity contribution is 0.718. The zero-order valence-electron chi connectivity index (χ0n) is 6.61. The summed E-state index contributed by atoms with van der Waals surface area (Å²) in [6.07, 6.45) is 1.64. The quantitative estimate of drug-likeness (QED) is 0.568. The van der Waals surface area contributed by atoms with Gasteiger partial charge in [0.2, 0.25) is 0 Å². The fourth-order valence-corrected chi connectivity index (χ4v) is 1.11. The zero-order valence-corrected chi connectivity index (χ0v) is 6.61. The van der Waals surface area contributed by atoms with Gasteiger partial charge >= 0.3 is 0 Å². The minimum atomic E-state index is -0.0793. The van der Waals surface area contributed by atoms with Crippen molar-refractivity contribution in [2.45, 2.75) is 0 Å². The van der Waals surface area contributed by atoms with Gasteiger partial charge in [0.25, 0.3) is 5.56 Å². The van der Waals surface area contributed by atoms with Crippen LogP contribution in [-0.4, -0.2) is 9.78 Å². The molecule has 0 saturated carbocycles. The van der Waals surface area contributed by atoms with Gasteiger partial charge in [0.15, 0.2) is 0 Å². The maximum atomic E-state index is 11.4. The molecule has 3 nitrogen and oxygen atoms in total. The summed E-state index contributed by atoms with van der Waals surface area (Å²) in [6, 6.07) is 8.28. The van der Waals surface area contributed by atoms with Gasteiger partial charge in [-0.2, -0.15) is 5.10 Å². The first-order valence-electron chi connectivity index (χ1n) is 3.62. The molecule has 2 aromatic rings. The van der Waals surface area contributed by atoms with Gasteiger partial charge in [-0.25, -0.2) is 4.68 Å². The summed E-state index contributed by atoms with van der Waals surface area (Å²) in [4.78, 5) is 11.4. The Hall–Kier alpha value is -1.64. The first kappa shape index (κ1) is 7.03. The van der Waals surface area contributed by atoms with E-state index in [0.717, 1.165) is 5.39 Å². The van der Waals surface area contributed by atoms with Crippen LogP contribution in [0, 0.1) is 6.07 Å². The number of fused-ring (bicyclic) bond motifs is 1. The SMILES string of the molecule is Cn1ncc2[c]cccc2c1=O. The molecule has 0 aliphatic rings. The van der Waals surface area contributed by atoms with Gasteiger partial charge in [0, 0.05) is 12.4 Å². The lowest BCUT2D eigenvalue weighted by Gasteiger charge is -1.97. The predicted octanol–water partition coefficient (Wildman–Crippen LogP) is 0.734. The van der Waals surface area contributed by atoms with Crippen LogP contribution >= 0.6 is 0 Å². The van der Waals surface area contributed by atoms with E-state index in [4.69, 9.17) is 0 Å². The highest BCUT2D eigenvalue weighted by Crippen LogP contribution is 2.04. The summed E-state index contributed by atoms with van der Waals surface area (Å²) in [7, 11) is 1.63. The predicted molar refractivity (Wildman–Crippen MR) is 45.8 cm³/mol. The van der Waals surface area contributed by atoms with Gasteiger partial charge in [-0.05, 0) is 12.1 Å². The van der Waals surface area contributed by atoms with E-state index in [-0.39, 0.29) is 5.56 Å². The van der Waals surface area contributed by atoms with Crippen molar-refractivity contribution in [3.63, 3.8) is 0 Å². The highest BCUT2D eigenvalue weighted by molar-refractivity contribution is 5.79. The third-order valence-electron chi connectivity index (χ3n) is 1.77. The second-order valence-electron chi connectivity index (χ2n) is 2.57. The van der Waals surface area contributed by atoms with Gasteiger partial charge in [-0.1, -0.05) is 12.1 Å². The van der Waals surface area contributed by atoms with Crippen LogP contribution in [0.2, 0.25) is 0 Å². The molecule has 3 heteroatoms. The Balaban J connectivity index is 3.01. The average molecular weight is 159 g/mol. The molecule has 0 aliphatic carbocycles. The lowest BCUT2D eigenvalue weighted by Crippen LogP contribution is -2.18. The molecule has 1 heterocycles. The summed E-state index contributed by atoms with van der Waals surface area (Å²) < 4.78 is 1.32. The lowest BCUT2D eigenvalue weighted by atomic mass is 10.2. The molecule has 0 bridgehead atoms. The summed E-state index contributed by atoms with van der Waals surface area (Å²) >= 11 is 0. The molecule has 1 aromatic heterocycles. The van der Waals surface area contributed by atoms with E-state index in [2.05, 4.69) is 11.2 Å². The van der Waals surface area contributed by atoms with Gasteiger partial charge in [-0.3, -0.25) is 4.79 Å². The number of nitrogens with zero attached hydrogens (tertiary/aromatic N) is 2. The van der Waals surface area contributed by atoms with Crippen LogP contribution in [0.4, 0.5) is 0 Å². The number of benzene rings is 1. The molecule has 0 saturated heterocycles. The molecule has 0 atom stereocenters. The molecule has 0 spiro atoms. The van der Waals surface area contributed by atoms with Crippen molar-refractivity contribution >= 4 is 10.8 Å². The Labute approximate surface area is 69.3 Å². The van der Waals surface area contributed by atoms with E-state index in [0.29, 0.717) is 5.39 Å². The third kappa shape index (κ3) is 0.906. The van der Waals surface area contributed by atoms with Gasteiger partial charge in [0.1, 0.15) is 0 Å². The summed E-state index contributed by atoms with van der Waals surface area (Å²) in [5, 5.41) is 5.31. The highest BCUT2D eigenvalue weighted by atomic mass is 16.1. The molecule has 59 valence electrons. The van der Waals surface area contributed by atoms with Crippen LogP contribution in [0.15, 0.2) is 29.2 Å². The molecule has 0 N–H and O–H groups in total. The van der Waals surface area contributed by atoms with Crippen molar-refractivity contribution in [2.24, 2.45) is 7.05 Å². The molecule has 12 heavy (non-hydrogen) atoms. The van der Waals surface area contributed by atoms with Crippen LogP contribution in [0.3, 0.4) is 0 Å². The van der Waals surface area contributed by atoms with Crippen LogP contribution < -0.4 is 5.56 Å². The molecule has 0 fully saturated rings. The van der Waals surface area contributed by atoms with E-state index in [1.54, 1.807) is 31.4 Å².